The van der Waals surface area contributed by atoms with Crippen LogP contribution in [-0.4, -0.2) is 60.5 Å². The molecule has 11 nitrogen and oxygen atoms in total. The summed E-state index contributed by atoms with van der Waals surface area (Å²) in [6, 6.07) is 2.27. The second kappa shape index (κ2) is 8.10. The lowest BCUT2D eigenvalue weighted by Gasteiger charge is -2.23. The maximum atomic E-state index is 12.4. The van der Waals surface area contributed by atoms with Gasteiger partial charge >= 0.3 is 17.9 Å². The van der Waals surface area contributed by atoms with Crippen LogP contribution < -0.4 is 0 Å². The predicted octanol–water partition coefficient (Wildman–Crippen LogP) is 0.461. The molecule has 0 amide bonds. The zero-order valence-electron chi connectivity index (χ0n) is 14.7. The Morgan fingerprint density at radius 1 is 0.963 bits per heavy atom. The molecule has 4 atom stereocenters. The molecule has 1 fully saturated rings. The van der Waals surface area contributed by atoms with Gasteiger partial charge in [-0.3, -0.25) is 24.5 Å². The van der Waals surface area contributed by atoms with Crippen LogP contribution in [0, 0.1) is 22.0 Å². The average Bonchev–Trinajstić information content (AvgIpc) is 2.99. The molecule has 1 aliphatic heterocycles. The van der Waals surface area contributed by atoms with E-state index >= 15 is 0 Å². The highest BCUT2D eigenvalue weighted by molar-refractivity contribution is 5.90. The van der Waals surface area contributed by atoms with Crippen molar-refractivity contribution in [3.63, 3.8) is 0 Å². The first-order chi connectivity index (χ1) is 12.8. The fourth-order valence-corrected chi connectivity index (χ4v) is 3.25. The minimum absolute atomic E-state index is 0.204. The van der Waals surface area contributed by atoms with Crippen molar-refractivity contribution in [2.45, 2.75) is 12.1 Å². The molecule has 1 aliphatic rings. The van der Waals surface area contributed by atoms with Crippen molar-refractivity contribution in [3.05, 3.63) is 39.9 Å². The maximum absolute atomic E-state index is 12.4. The van der Waals surface area contributed by atoms with Gasteiger partial charge in [-0.15, -0.1) is 0 Å². The molecule has 0 unspecified atom stereocenters. The van der Waals surface area contributed by atoms with Crippen LogP contribution in [0.4, 0.5) is 5.69 Å². The van der Waals surface area contributed by atoms with Gasteiger partial charge in [-0.25, -0.2) is 0 Å². The van der Waals surface area contributed by atoms with E-state index in [9.17, 15) is 29.7 Å². The monoisotopic (exact) mass is 382 g/mol. The summed E-state index contributed by atoms with van der Waals surface area (Å²) in [6.07, 6.45) is 0. The molecule has 2 rings (SSSR count). The minimum atomic E-state index is -1.52. The number of hydrogen-bond donors (Lipinski definition) is 1. The SMILES string of the molecule is COC(=O)[C@H]1[C@H](C(=O)OC)[C@@H](c2ccc([N+](=O)[O-])cc2)N(O)[C@@H]1C(=O)OC. The van der Waals surface area contributed by atoms with Crippen molar-refractivity contribution >= 4 is 23.6 Å². The molecule has 1 aromatic rings. The Balaban J connectivity index is 2.58. The van der Waals surface area contributed by atoms with E-state index in [0.29, 0.717) is 5.06 Å². The number of non-ortho nitro benzene ring substituents is 1. The average molecular weight is 382 g/mol. The molecule has 27 heavy (non-hydrogen) atoms. The molecule has 0 aromatic heterocycles. The van der Waals surface area contributed by atoms with Crippen molar-refractivity contribution in [3.8, 4) is 0 Å². The quantitative estimate of drug-likeness (QED) is 0.330. The van der Waals surface area contributed by atoms with Crippen molar-refractivity contribution in [2.75, 3.05) is 21.3 Å². The van der Waals surface area contributed by atoms with Crippen LogP contribution in [0.3, 0.4) is 0 Å². The van der Waals surface area contributed by atoms with Crippen molar-refractivity contribution in [1.29, 1.82) is 0 Å². The number of carbonyl (C=O) groups excluding carboxylic acids is 3. The lowest BCUT2D eigenvalue weighted by molar-refractivity contribution is -0.384. The number of hydroxylamine groups is 2. The van der Waals surface area contributed by atoms with Crippen LogP contribution in [0.1, 0.15) is 11.6 Å². The van der Waals surface area contributed by atoms with Crippen LogP contribution in [0.15, 0.2) is 24.3 Å². The van der Waals surface area contributed by atoms with Crippen LogP contribution in [0.5, 0.6) is 0 Å². The number of carbonyl (C=O) groups is 3. The Kier molecular flexibility index (Phi) is 6.08. The van der Waals surface area contributed by atoms with Crippen LogP contribution in [0.2, 0.25) is 0 Å². The lowest BCUT2D eigenvalue weighted by Crippen LogP contribution is -2.43. The Labute approximate surface area is 153 Å². The topological polar surface area (TPSA) is 146 Å². The van der Waals surface area contributed by atoms with E-state index in [-0.39, 0.29) is 11.3 Å². The van der Waals surface area contributed by atoms with Gasteiger partial charge in [0.25, 0.3) is 5.69 Å². The number of hydrogen-bond acceptors (Lipinski definition) is 10. The summed E-state index contributed by atoms with van der Waals surface area (Å²) < 4.78 is 14.1. The van der Waals surface area contributed by atoms with Gasteiger partial charge in [0.1, 0.15) is 12.0 Å². The first-order valence-electron chi connectivity index (χ1n) is 7.73. The van der Waals surface area contributed by atoms with Crippen molar-refractivity contribution in [1.82, 2.24) is 5.06 Å². The van der Waals surface area contributed by atoms with Gasteiger partial charge < -0.3 is 19.4 Å². The molecule has 0 saturated carbocycles. The Morgan fingerprint density at radius 3 is 1.89 bits per heavy atom. The molecule has 146 valence electrons. The number of benzene rings is 1. The summed E-state index contributed by atoms with van der Waals surface area (Å²) in [4.78, 5) is 47.0. The molecular weight excluding hydrogens is 364 g/mol. The molecule has 0 spiro atoms. The van der Waals surface area contributed by atoms with Gasteiger partial charge in [-0.1, -0.05) is 12.1 Å². The number of nitro benzene ring substituents is 1. The maximum Gasteiger partial charge on any atom is 0.326 e. The molecule has 0 bridgehead atoms. The highest BCUT2D eigenvalue weighted by Gasteiger charge is 2.60. The highest BCUT2D eigenvalue weighted by Crippen LogP contribution is 2.45. The Morgan fingerprint density at radius 2 is 1.44 bits per heavy atom. The van der Waals surface area contributed by atoms with Gasteiger partial charge in [-0.2, -0.15) is 5.06 Å². The second-order valence-electron chi connectivity index (χ2n) is 5.74. The summed E-state index contributed by atoms with van der Waals surface area (Å²) in [5, 5.41) is 21.9. The molecule has 1 aromatic carbocycles. The van der Waals surface area contributed by atoms with Crippen LogP contribution >= 0.6 is 0 Å². The van der Waals surface area contributed by atoms with Crippen LogP contribution in [-0.2, 0) is 28.6 Å². The third-order valence-electron chi connectivity index (χ3n) is 4.47. The summed E-state index contributed by atoms with van der Waals surface area (Å²) in [5.74, 6) is -5.44. The molecule has 0 radical (unpaired) electrons. The number of ether oxygens (including phenoxy) is 3. The van der Waals surface area contributed by atoms with E-state index < -0.39 is 46.8 Å². The Bertz CT molecular complexity index is 749. The Hall–Kier alpha value is -3.05. The molecule has 1 N–H and O–H groups in total. The smallest absolute Gasteiger partial charge is 0.326 e. The zero-order chi connectivity index (χ0) is 20.3. The standard InChI is InChI=1S/C16H18N2O9/c1-25-14(19)10-11(15(20)26-2)13(16(21)27-3)17(22)12(10)8-4-6-9(7-5-8)18(23)24/h4-7,10-13,22H,1-3H3/t10-,11-,12+,13-/m0/s1. The minimum Gasteiger partial charge on any atom is -0.469 e. The molecule has 1 saturated heterocycles. The van der Waals surface area contributed by atoms with Crippen molar-refractivity contribution in [2.24, 2.45) is 11.8 Å². The largest absolute Gasteiger partial charge is 0.469 e. The van der Waals surface area contributed by atoms with Crippen LogP contribution in [0.25, 0.3) is 0 Å². The fourth-order valence-electron chi connectivity index (χ4n) is 3.25. The third kappa shape index (κ3) is 3.59. The number of methoxy groups -OCH3 is 3. The second-order valence-corrected chi connectivity index (χ2v) is 5.74. The first-order valence-corrected chi connectivity index (χ1v) is 7.73. The summed E-state index contributed by atoms with van der Waals surface area (Å²) in [7, 11) is 3.24. The number of esters is 3. The molecule has 1 heterocycles. The van der Waals surface area contributed by atoms with Gasteiger partial charge in [-0.05, 0) is 5.56 Å². The lowest BCUT2D eigenvalue weighted by atomic mass is 9.84. The molecular formula is C16H18N2O9. The third-order valence-corrected chi connectivity index (χ3v) is 4.47. The van der Waals surface area contributed by atoms with E-state index in [1.807, 2.05) is 0 Å². The summed E-state index contributed by atoms with van der Waals surface area (Å²) >= 11 is 0. The van der Waals surface area contributed by atoms with E-state index in [2.05, 4.69) is 9.47 Å². The summed E-state index contributed by atoms with van der Waals surface area (Å²) in [6.45, 7) is 0. The number of nitrogens with zero attached hydrogens (tertiary/aromatic N) is 2. The van der Waals surface area contributed by atoms with E-state index in [1.54, 1.807) is 0 Å². The van der Waals surface area contributed by atoms with E-state index in [4.69, 9.17) is 4.74 Å². The zero-order valence-corrected chi connectivity index (χ0v) is 14.7. The fraction of sp³-hybridized carbons (Fsp3) is 0.438. The van der Waals surface area contributed by atoms with E-state index in [0.717, 1.165) is 21.3 Å². The number of nitro groups is 1. The molecule has 0 aliphatic carbocycles. The molecule has 11 heteroatoms. The van der Waals surface area contributed by atoms with Gasteiger partial charge in [0.2, 0.25) is 0 Å². The summed E-state index contributed by atoms with van der Waals surface area (Å²) in [5.41, 5.74) is 0.0590. The predicted molar refractivity (Wildman–Crippen MR) is 86.3 cm³/mol. The van der Waals surface area contributed by atoms with Gasteiger partial charge in [0, 0.05) is 12.1 Å². The van der Waals surface area contributed by atoms with E-state index in [1.165, 1.54) is 24.3 Å². The number of rotatable bonds is 5. The van der Waals surface area contributed by atoms with Gasteiger partial charge in [0.15, 0.2) is 0 Å². The highest BCUT2D eigenvalue weighted by atomic mass is 16.6. The first kappa shape index (κ1) is 20.3. The van der Waals surface area contributed by atoms with Gasteiger partial charge in [0.05, 0.1) is 38.2 Å². The normalized spacial score (nSPS) is 24.9. The van der Waals surface area contributed by atoms with Crippen molar-refractivity contribution < 1.29 is 38.7 Å².